The Morgan fingerprint density at radius 1 is 1.00 bits per heavy atom. The minimum Gasteiger partial charge on any atom is -0.508 e. The van der Waals surface area contributed by atoms with Gasteiger partial charge in [0.1, 0.15) is 29.2 Å². The van der Waals surface area contributed by atoms with Gasteiger partial charge in [0.05, 0.1) is 13.7 Å². The molecule has 3 amide bonds. The highest BCUT2D eigenvalue weighted by atomic mass is 16.6. The molecule has 0 heterocycles. The summed E-state index contributed by atoms with van der Waals surface area (Å²) < 4.78 is 10.5. The Morgan fingerprint density at radius 3 is 2.15 bits per heavy atom. The number of carbonyl (C=O) groups excluding carboxylic acids is 3. The molecule has 2 aromatic carbocycles. The molecule has 41 heavy (non-hydrogen) atoms. The van der Waals surface area contributed by atoms with Crippen LogP contribution in [0.4, 0.5) is 10.5 Å². The lowest BCUT2D eigenvalue weighted by atomic mass is 9.96. The molecule has 0 radical (unpaired) electrons. The number of amides is 3. The van der Waals surface area contributed by atoms with E-state index in [9.17, 15) is 24.6 Å². The third-order valence-electron chi connectivity index (χ3n) is 6.48. The Labute approximate surface area is 243 Å². The first-order chi connectivity index (χ1) is 19.2. The monoisotopic (exact) mass is 571 g/mol. The predicted octanol–water partition coefficient (Wildman–Crippen LogP) is 4.93. The van der Waals surface area contributed by atoms with Crippen LogP contribution in [0.3, 0.4) is 0 Å². The van der Waals surface area contributed by atoms with Crippen molar-refractivity contribution in [2.24, 2.45) is 5.92 Å². The van der Waals surface area contributed by atoms with E-state index in [1.807, 2.05) is 6.92 Å². The van der Waals surface area contributed by atoms with Crippen molar-refractivity contribution in [3.63, 3.8) is 0 Å². The fraction of sp³-hybridized carbons (Fsp3) is 0.516. The number of methoxy groups -OCH3 is 1. The van der Waals surface area contributed by atoms with Gasteiger partial charge in [0, 0.05) is 11.7 Å². The van der Waals surface area contributed by atoms with Crippen molar-refractivity contribution in [2.75, 3.05) is 19.0 Å². The van der Waals surface area contributed by atoms with Gasteiger partial charge in [-0.05, 0) is 101 Å². The van der Waals surface area contributed by atoms with Crippen LogP contribution in [0.2, 0.25) is 0 Å². The summed E-state index contributed by atoms with van der Waals surface area (Å²) in [5.74, 6) is -0.139. The zero-order chi connectivity index (χ0) is 30.9. The number of nitrogens with one attached hydrogen (secondary N) is 2. The van der Waals surface area contributed by atoms with Gasteiger partial charge in [-0.1, -0.05) is 19.9 Å². The maximum atomic E-state index is 14.1. The van der Waals surface area contributed by atoms with Crippen molar-refractivity contribution in [2.45, 2.75) is 85.0 Å². The number of benzene rings is 2. The molecule has 10 nitrogen and oxygen atoms in total. The van der Waals surface area contributed by atoms with Gasteiger partial charge >= 0.3 is 6.09 Å². The van der Waals surface area contributed by atoms with E-state index in [1.54, 1.807) is 71.2 Å². The highest BCUT2D eigenvalue weighted by Crippen LogP contribution is 2.31. The third kappa shape index (κ3) is 9.97. The van der Waals surface area contributed by atoms with Gasteiger partial charge in [0.25, 0.3) is 5.91 Å². The maximum Gasteiger partial charge on any atom is 0.408 e. The highest BCUT2D eigenvalue weighted by molar-refractivity contribution is 5.99. The van der Waals surface area contributed by atoms with Crippen molar-refractivity contribution < 1.29 is 34.1 Å². The number of aromatic hydroxyl groups is 1. The number of phenolic OH excluding ortho intramolecular Hbond substituents is 1. The molecular formula is C31H45N3O7. The minimum atomic E-state index is -1.36. The first-order valence-corrected chi connectivity index (χ1v) is 13.8. The largest absolute Gasteiger partial charge is 0.508 e. The van der Waals surface area contributed by atoms with Crippen LogP contribution in [0.1, 0.15) is 71.6 Å². The first kappa shape index (κ1) is 33.4. The Morgan fingerprint density at radius 2 is 1.63 bits per heavy atom. The molecule has 0 bridgehead atoms. The molecule has 3 atom stereocenters. The zero-order valence-corrected chi connectivity index (χ0v) is 25.4. The number of phenols is 1. The van der Waals surface area contributed by atoms with Gasteiger partial charge in [-0.15, -0.1) is 0 Å². The molecule has 3 unspecified atom stereocenters. The molecule has 10 heteroatoms. The van der Waals surface area contributed by atoms with Crippen molar-refractivity contribution in [1.29, 1.82) is 0 Å². The molecule has 226 valence electrons. The molecule has 0 saturated carbocycles. The molecule has 2 aromatic rings. The number of carbonyl (C=O) groups is 3. The van der Waals surface area contributed by atoms with Crippen LogP contribution in [-0.4, -0.2) is 64.4 Å². The van der Waals surface area contributed by atoms with Crippen LogP contribution in [0.5, 0.6) is 11.5 Å². The number of alkyl carbamates (subject to hydrolysis) is 1. The predicted molar refractivity (Wildman–Crippen MR) is 158 cm³/mol. The van der Waals surface area contributed by atoms with Crippen molar-refractivity contribution >= 4 is 23.6 Å². The molecule has 0 aliphatic heterocycles. The van der Waals surface area contributed by atoms with E-state index < -0.39 is 48.2 Å². The normalized spacial score (nSPS) is 13.6. The Hall–Kier alpha value is -3.79. The Kier molecular flexibility index (Phi) is 12.0. The van der Waals surface area contributed by atoms with Crippen molar-refractivity contribution in [3.05, 3.63) is 53.6 Å². The van der Waals surface area contributed by atoms with Gasteiger partial charge in [-0.25, -0.2) is 4.79 Å². The van der Waals surface area contributed by atoms with Crippen molar-refractivity contribution in [1.82, 2.24) is 10.2 Å². The Bertz CT molecular complexity index is 1180. The van der Waals surface area contributed by atoms with E-state index >= 15 is 0 Å². The fourth-order valence-electron chi connectivity index (χ4n) is 4.30. The third-order valence-corrected chi connectivity index (χ3v) is 6.48. The molecule has 0 aromatic heterocycles. The second-order valence-corrected chi connectivity index (χ2v) is 11.6. The summed E-state index contributed by atoms with van der Waals surface area (Å²) in [5, 5.41) is 25.7. The molecular weight excluding hydrogens is 526 g/mol. The first-order valence-electron chi connectivity index (χ1n) is 13.8. The van der Waals surface area contributed by atoms with E-state index in [0.29, 0.717) is 34.9 Å². The number of hydrogen-bond acceptors (Lipinski definition) is 7. The molecule has 0 saturated heterocycles. The van der Waals surface area contributed by atoms with Crippen LogP contribution in [0, 0.1) is 12.8 Å². The number of hydrogen-bond donors (Lipinski definition) is 4. The van der Waals surface area contributed by atoms with E-state index in [2.05, 4.69) is 24.5 Å². The van der Waals surface area contributed by atoms with Crippen LogP contribution >= 0.6 is 0 Å². The summed E-state index contributed by atoms with van der Waals surface area (Å²) in [6.45, 7) is 12.0. The SMILES string of the molecule is COc1ccc(NC(=O)C(c2ccc(O)c(C)c2)N(C(=O)C(CO)NC(=O)OC(C)(C)C)C(C)CCC(C)C)cc1. The number of aryl methyl sites for hydroxylation is 1. The van der Waals surface area contributed by atoms with Crippen LogP contribution < -0.4 is 15.4 Å². The zero-order valence-electron chi connectivity index (χ0n) is 25.4. The van der Waals surface area contributed by atoms with E-state index in [-0.39, 0.29) is 5.75 Å². The maximum absolute atomic E-state index is 14.1. The molecule has 0 aliphatic rings. The second-order valence-electron chi connectivity index (χ2n) is 11.6. The molecule has 0 aliphatic carbocycles. The van der Waals surface area contributed by atoms with Gasteiger partial charge < -0.3 is 35.2 Å². The van der Waals surface area contributed by atoms with Gasteiger partial charge in [0.2, 0.25) is 5.91 Å². The summed E-state index contributed by atoms with van der Waals surface area (Å²) in [6.07, 6.45) is 0.479. The van der Waals surface area contributed by atoms with E-state index in [0.717, 1.165) is 6.42 Å². The standard InChI is InChI=1S/C31H45N3O7/c1-19(2)9-10-21(4)34(29(38)25(18-35)33-30(39)41-31(5,6)7)27(22-11-16-26(36)20(3)17-22)28(37)32-23-12-14-24(40-8)15-13-23/h11-17,19,21,25,27,35-36H,9-10,18H2,1-8H3,(H,32,37)(H,33,39). The van der Waals surface area contributed by atoms with Crippen LogP contribution in [-0.2, 0) is 14.3 Å². The smallest absolute Gasteiger partial charge is 0.408 e. The van der Waals surface area contributed by atoms with Crippen LogP contribution in [0.25, 0.3) is 0 Å². The number of ether oxygens (including phenoxy) is 2. The molecule has 4 N–H and O–H groups in total. The lowest BCUT2D eigenvalue weighted by Crippen LogP contribution is -2.56. The molecule has 2 rings (SSSR count). The minimum absolute atomic E-state index is 0.0497. The topological polar surface area (TPSA) is 137 Å². The van der Waals surface area contributed by atoms with Gasteiger partial charge in [0.15, 0.2) is 0 Å². The average Bonchev–Trinajstić information content (AvgIpc) is 2.89. The molecule has 0 spiro atoms. The van der Waals surface area contributed by atoms with Crippen LogP contribution in [0.15, 0.2) is 42.5 Å². The number of aliphatic hydroxyl groups excluding tert-OH is 1. The summed E-state index contributed by atoms with van der Waals surface area (Å²) in [6, 6.07) is 8.52. The lowest BCUT2D eigenvalue weighted by Gasteiger charge is -2.38. The number of nitrogens with zero attached hydrogens (tertiary/aromatic N) is 1. The quantitative estimate of drug-likeness (QED) is 0.284. The number of rotatable bonds is 12. The fourth-order valence-corrected chi connectivity index (χ4v) is 4.30. The van der Waals surface area contributed by atoms with Gasteiger partial charge in [-0.2, -0.15) is 0 Å². The second kappa shape index (κ2) is 14.7. The van der Waals surface area contributed by atoms with Crippen molar-refractivity contribution in [3.8, 4) is 11.5 Å². The summed E-state index contributed by atoms with van der Waals surface area (Å²) in [7, 11) is 1.54. The van der Waals surface area contributed by atoms with E-state index in [4.69, 9.17) is 9.47 Å². The summed E-state index contributed by atoms with van der Waals surface area (Å²) >= 11 is 0. The Balaban J connectivity index is 2.59. The summed E-state index contributed by atoms with van der Waals surface area (Å²) in [5.41, 5.74) is 0.661. The average molecular weight is 572 g/mol. The van der Waals surface area contributed by atoms with Gasteiger partial charge in [-0.3, -0.25) is 9.59 Å². The number of anilines is 1. The number of aliphatic hydroxyl groups is 1. The lowest BCUT2D eigenvalue weighted by molar-refractivity contribution is -0.144. The summed E-state index contributed by atoms with van der Waals surface area (Å²) in [4.78, 5) is 42.1. The van der Waals surface area contributed by atoms with E-state index in [1.165, 1.54) is 11.0 Å². The molecule has 0 fully saturated rings. The highest BCUT2D eigenvalue weighted by Gasteiger charge is 2.39.